The Kier molecular flexibility index (Phi) is 4.33. The zero-order valence-corrected chi connectivity index (χ0v) is 14.5. The molecule has 0 aromatic carbocycles. The van der Waals surface area contributed by atoms with Gasteiger partial charge in [0.2, 0.25) is 0 Å². The molecule has 0 spiro atoms. The summed E-state index contributed by atoms with van der Waals surface area (Å²) >= 11 is 0. The number of carbonyl (C=O) groups is 1. The Morgan fingerprint density at radius 2 is 1.76 bits per heavy atom. The molecule has 0 N–H and O–H groups in total. The predicted octanol–water partition coefficient (Wildman–Crippen LogP) is 3.69. The maximum Gasteiger partial charge on any atom is 0.433 e. The zero-order chi connectivity index (χ0) is 18.4. The van der Waals surface area contributed by atoms with Gasteiger partial charge < -0.3 is 14.5 Å². The molecule has 0 saturated carbocycles. The second-order valence-electron chi connectivity index (χ2n) is 7.56. The molecule has 2 atom stereocenters. The van der Waals surface area contributed by atoms with E-state index in [-0.39, 0.29) is 18.2 Å². The molecule has 1 amide bonds. The van der Waals surface area contributed by atoms with E-state index in [1.54, 1.807) is 11.0 Å². The number of amides is 1. The van der Waals surface area contributed by atoms with Gasteiger partial charge in [0, 0.05) is 25.2 Å². The molecule has 25 heavy (non-hydrogen) atoms. The van der Waals surface area contributed by atoms with Crippen LogP contribution in [0.5, 0.6) is 0 Å². The molecule has 2 bridgehead atoms. The van der Waals surface area contributed by atoms with E-state index >= 15 is 0 Å². The van der Waals surface area contributed by atoms with Crippen molar-refractivity contribution in [3.63, 3.8) is 0 Å². The lowest BCUT2D eigenvalue weighted by Gasteiger charge is -2.42. The SMILES string of the molecule is CC(C)(C)OC(=O)N1CC2CCC(C1)N2c1cccc(C(F)(F)F)n1. The normalized spacial score (nSPS) is 23.8. The molecule has 0 radical (unpaired) electrons. The lowest BCUT2D eigenvalue weighted by atomic mass is 10.2. The van der Waals surface area contributed by atoms with Crippen LogP contribution in [0.3, 0.4) is 0 Å². The number of piperazine rings is 1. The second kappa shape index (κ2) is 6.07. The molecule has 2 unspecified atom stereocenters. The van der Waals surface area contributed by atoms with Crippen molar-refractivity contribution < 1.29 is 22.7 Å². The van der Waals surface area contributed by atoms with Crippen molar-refractivity contribution >= 4 is 11.9 Å². The summed E-state index contributed by atoms with van der Waals surface area (Å²) in [6.45, 7) is 6.29. The van der Waals surface area contributed by atoms with E-state index in [0.29, 0.717) is 18.9 Å². The van der Waals surface area contributed by atoms with Crippen LogP contribution in [-0.2, 0) is 10.9 Å². The van der Waals surface area contributed by atoms with E-state index < -0.39 is 17.5 Å². The Labute approximate surface area is 144 Å². The minimum atomic E-state index is -4.46. The first kappa shape index (κ1) is 17.8. The van der Waals surface area contributed by atoms with Gasteiger partial charge in [-0.25, -0.2) is 9.78 Å². The average molecular weight is 357 g/mol. The Balaban J connectivity index is 1.76. The van der Waals surface area contributed by atoms with Gasteiger partial charge in [-0.15, -0.1) is 0 Å². The number of pyridine rings is 1. The van der Waals surface area contributed by atoms with Crippen LogP contribution in [0.1, 0.15) is 39.3 Å². The maximum atomic E-state index is 12.9. The highest BCUT2D eigenvalue weighted by atomic mass is 19.4. The fourth-order valence-electron chi connectivity index (χ4n) is 3.48. The monoisotopic (exact) mass is 357 g/mol. The minimum absolute atomic E-state index is 0.0396. The number of alkyl halides is 3. The number of carbonyl (C=O) groups excluding carboxylic acids is 1. The van der Waals surface area contributed by atoms with Gasteiger partial charge >= 0.3 is 12.3 Å². The van der Waals surface area contributed by atoms with E-state index in [0.717, 1.165) is 18.9 Å². The van der Waals surface area contributed by atoms with Gasteiger partial charge in [0.15, 0.2) is 0 Å². The number of ether oxygens (including phenoxy) is 1. The van der Waals surface area contributed by atoms with Crippen LogP contribution in [0.25, 0.3) is 0 Å². The molecule has 2 aliphatic rings. The average Bonchev–Trinajstić information content (AvgIpc) is 2.75. The number of nitrogens with zero attached hydrogens (tertiary/aromatic N) is 3. The molecule has 138 valence electrons. The molecule has 2 aliphatic heterocycles. The highest BCUT2D eigenvalue weighted by Gasteiger charge is 2.43. The third-order valence-corrected chi connectivity index (χ3v) is 4.42. The number of fused-ring (bicyclic) bond motifs is 2. The first-order chi connectivity index (χ1) is 11.5. The summed E-state index contributed by atoms with van der Waals surface area (Å²) in [5.74, 6) is 0.325. The first-order valence-corrected chi connectivity index (χ1v) is 8.35. The fraction of sp³-hybridized carbons (Fsp3) is 0.647. The number of likely N-dealkylation sites (tertiary alicyclic amines) is 1. The lowest BCUT2D eigenvalue weighted by Crippen LogP contribution is -2.56. The highest BCUT2D eigenvalue weighted by Crippen LogP contribution is 2.36. The van der Waals surface area contributed by atoms with Crippen LogP contribution < -0.4 is 4.90 Å². The van der Waals surface area contributed by atoms with E-state index in [4.69, 9.17) is 4.74 Å². The van der Waals surface area contributed by atoms with E-state index in [2.05, 4.69) is 4.98 Å². The minimum Gasteiger partial charge on any atom is -0.444 e. The molecule has 3 rings (SSSR count). The summed E-state index contributed by atoms with van der Waals surface area (Å²) in [7, 11) is 0. The maximum absolute atomic E-state index is 12.9. The summed E-state index contributed by atoms with van der Waals surface area (Å²) < 4.78 is 44.2. The summed E-state index contributed by atoms with van der Waals surface area (Å²) in [4.78, 5) is 19.7. The van der Waals surface area contributed by atoms with Gasteiger partial charge in [0.25, 0.3) is 0 Å². The van der Waals surface area contributed by atoms with E-state index in [1.165, 1.54) is 6.07 Å². The van der Waals surface area contributed by atoms with Crippen LogP contribution in [0.15, 0.2) is 18.2 Å². The van der Waals surface area contributed by atoms with Crippen molar-refractivity contribution in [3.8, 4) is 0 Å². The quantitative estimate of drug-likeness (QED) is 0.769. The van der Waals surface area contributed by atoms with Gasteiger partial charge in [-0.3, -0.25) is 0 Å². The summed E-state index contributed by atoms with van der Waals surface area (Å²) in [6, 6.07) is 3.88. The smallest absolute Gasteiger partial charge is 0.433 e. The molecule has 2 fully saturated rings. The molecule has 5 nitrogen and oxygen atoms in total. The number of hydrogen-bond donors (Lipinski definition) is 0. The van der Waals surface area contributed by atoms with Crippen molar-refractivity contribution in [2.75, 3.05) is 18.0 Å². The molecule has 1 aromatic rings. The van der Waals surface area contributed by atoms with Crippen molar-refractivity contribution in [1.29, 1.82) is 0 Å². The molecular formula is C17H22F3N3O2. The Morgan fingerprint density at radius 3 is 2.28 bits per heavy atom. The van der Waals surface area contributed by atoms with Gasteiger partial charge in [0.1, 0.15) is 17.1 Å². The van der Waals surface area contributed by atoms with Crippen LogP contribution in [0.4, 0.5) is 23.8 Å². The second-order valence-corrected chi connectivity index (χ2v) is 7.56. The molecule has 8 heteroatoms. The molecule has 0 aliphatic carbocycles. The topological polar surface area (TPSA) is 45.7 Å². The number of aromatic nitrogens is 1. The predicted molar refractivity (Wildman–Crippen MR) is 86.3 cm³/mol. The zero-order valence-electron chi connectivity index (χ0n) is 14.5. The van der Waals surface area contributed by atoms with Crippen LogP contribution in [-0.4, -0.2) is 46.8 Å². The third-order valence-electron chi connectivity index (χ3n) is 4.42. The van der Waals surface area contributed by atoms with Crippen LogP contribution in [0.2, 0.25) is 0 Å². The standard InChI is InChI=1S/C17H22F3N3O2/c1-16(2,3)25-15(24)22-9-11-7-8-12(10-22)23(11)14-6-4-5-13(21-14)17(18,19)20/h4-6,11-12H,7-10H2,1-3H3. The van der Waals surface area contributed by atoms with Crippen molar-refractivity contribution in [2.45, 2.75) is 57.5 Å². The van der Waals surface area contributed by atoms with Gasteiger partial charge in [0.05, 0.1) is 0 Å². The lowest BCUT2D eigenvalue weighted by molar-refractivity contribution is -0.141. The summed E-state index contributed by atoms with van der Waals surface area (Å²) in [5.41, 5.74) is -1.46. The number of rotatable bonds is 1. The van der Waals surface area contributed by atoms with E-state index in [1.807, 2.05) is 25.7 Å². The van der Waals surface area contributed by atoms with Crippen molar-refractivity contribution in [3.05, 3.63) is 23.9 Å². The number of hydrogen-bond acceptors (Lipinski definition) is 4. The fourth-order valence-corrected chi connectivity index (χ4v) is 3.48. The highest BCUT2D eigenvalue weighted by molar-refractivity contribution is 5.69. The molecule has 3 heterocycles. The summed E-state index contributed by atoms with van der Waals surface area (Å²) in [6.07, 6.45) is -3.20. The Bertz CT molecular complexity index is 643. The molecule has 1 aromatic heterocycles. The summed E-state index contributed by atoms with van der Waals surface area (Å²) in [5, 5.41) is 0. The van der Waals surface area contributed by atoms with Gasteiger partial charge in [-0.2, -0.15) is 13.2 Å². The third kappa shape index (κ3) is 3.82. The number of halogens is 3. The Morgan fingerprint density at radius 1 is 1.16 bits per heavy atom. The van der Waals surface area contributed by atoms with Crippen molar-refractivity contribution in [1.82, 2.24) is 9.88 Å². The largest absolute Gasteiger partial charge is 0.444 e. The van der Waals surface area contributed by atoms with Gasteiger partial charge in [-0.05, 0) is 45.7 Å². The molecular weight excluding hydrogens is 335 g/mol. The van der Waals surface area contributed by atoms with Crippen LogP contribution in [0, 0.1) is 0 Å². The first-order valence-electron chi connectivity index (χ1n) is 8.35. The number of anilines is 1. The van der Waals surface area contributed by atoms with Gasteiger partial charge in [-0.1, -0.05) is 6.07 Å². The van der Waals surface area contributed by atoms with Crippen molar-refractivity contribution in [2.24, 2.45) is 0 Å². The molecule has 2 saturated heterocycles. The van der Waals surface area contributed by atoms with Crippen LogP contribution >= 0.6 is 0 Å². The van der Waals surface area contributed by atoms with E-state index in [9.17, 15) is 18.0 Å². The Hall–Kier alpha value is -1.99.